The molecule has 1 unspecified atom stereocenters. The molecule has 2 aromatic carbocycles. The molecular formula is C23H24F4O. The lowest BCUT2D eigenvalue weighted by atomic mass is 9.91. The van der Waals surface area contributed by atoms with Gasteiger partial charge in [-0.05, 0) is 37.0 Å². The van der Waals surface area contributed by atoms with E-state index < -0.39 is 23.3 Å². The van der Waals surface area contributed by atoms with Crippen molar-refractivity contribution in [1.82, 2.24) is 0 Å². The van der Waals surface area contributed by atoms with Gasteiger partial charge >= 0.3 is 0 Å². The van der Waals surface area contributed by atoms with E-state index in [2.05, 4.69) is 6.92 Å². The van der Waals surface area contributed by atoms with Gasteiger partial charge in [-0.2, -0.15) is 0 Å². The van der Waals surface area contributed by atoms with Crippen molar-refractivity contribution < 1.29 is 22.3 Å². The highest BCUT2D eigenvalue weighted by molar-refractivity contribution is 5.66. The predicted octanol–water partition coefficient (Wildman–Crippen LogP) is 7.19. The van der Waals surface area contributed by atoms with Gasteiger partial charge in [-0.3, -0.25) is 0 Å². The maximum absolute atomic E-state index is 14.7. The standard InChI is InChI=1S/C23H24F4O/c1-3-4-5-6-16-9-8-15(13-28-16)17-11-12-19(23(27)21(17)25)18-10-7-14(2)20(24)22(18)26/h7,9-12,15H,3-6,8,13H2,1-2H3. The van der Waals surface area contributed by atoms with Crippen molar-refractivity contribution in [3.05, 3.63) is 70.5 Å². The van der Waals surface area contributed by atoms with Gasteiger partial charge in [0.05, 0.1) is 12.4 Å². The summed E-state index contributed by atoms with van der Waals surface area (Å²) in [5, 5.41) is 0. The Hall–Kier alpha value is -2.30. The van der Waals surface area contributed by atoms with E-state index >= 15 is 0 Å². The molecule has 0 bridgehead atoms. The molecule has 1 nitrogen and oxygen atoms in total. The molecule has 0 fully saturated rings. The Morgan fingerprint density at radius 1 is 0.893 bits per heavy atom. The van der Waals surface area contributed by atoms with Crippen LogP contribution in [0.15, 0.2) is 36.1 Å². The van der Waals surface area contributed by atoms with Crippen molar-refractivity contribution in [3.63, 3.8) is 0 Å². The summed E-state index contributed by atoms with van der Waals surface area (Å²) in [4.78, 5) is 0. The SMILES string of the molecule is CCCCCC1=CCC(c2ccc(-c3ccc(C)c(F)c3F)c(F)c2F)CO1. The molecule has 3 rings (SSSR count). The fourth-order valence-corrected chi connectivity index (χ4v) is 3.49. The van der Waals surface area contributed by atoms with Crippen LogP contribution in [0.3, 0.4) is 0 Å². The molecule has 0 saturated carbocycles. The number of hydrogen-bond acceptors (Lipinski definition) is 1. The van der Waals surface area contributed by atoms with Gasteiger partial charge in [0.1, 0.15) is 0 Å². The van der Waals surface area contributed by atoms with Crippen LogP contribution in [0.1, 0.15) is 56.1 Å². The number of ether oxygens (including phenoxy) is 1. The van der Waals surface area contributed by atoms with E-state index in [-0.39, 0.29) is 34.8 Å². The van der Waals surface area contributed by atoms with Crippen molar-refractivity contribution >= 4 is 0 Å². The Balaban J connectivity index is 1.83. The molecule has 0 amide bonds. The third-order valence-corrected chi connectivity index (χ3v) is 5.24. The fourth-order valence-electron chi connectivity index (χ4n) is 3.49. The minimum Gasteiger partial charge on any atom is -0.498 e. The number of halogens is 4. The van der Waals surface area contributed by atoms with Gasteiger partial charge in [0, 0.05) is 23.5 Å². The van der Waals surface area contributed by atoms with Gasteiger partial charge in [0.2, 0.25) is 0 Å². The van der Waals surface area contributed by atoms with Crippen LogP contribution in [0.5, 0.6) is 0 Å². The Kier molecular flexibility index (Phi) is 6.42. The Morgan fingerprint density at radius 3 is 2.21 bits per heavy atom. The average Bonchev–Trinajstić information content (AvgIpc) is 2.70. The lowest BCUT2D eigenvalue weighted by Gasteiger charge is -2.24. The highest BCUT2D eigenvalue weighted by atomic mass is 19.2. The highest BCUT2D eigenvalue weighted by Gasteiger charge is 2.25. The molecular weight excluding hydrogens is 368 g/mol. The normalized spacial score (nSPS) is 16.6. The molecule has 0 radical (unpaired) electrons. The quantitative estimate of drug-likeness (QED) is 0.373. The van der Waals surface area contributed by atoms with Gasteiger partial charge in [-0.15, -0.1) is 0 Å². The number of allylic oxidation sites excluding steroid dienone is 2. The molecule has 0 aromatic heterocycles. The first-order chi connectivity index (χ1) is 13.4. The molecule has 1 aliphatic heterocycles. The van der Waals surface area contributed by atoms with Crippen LogP contribution in [0.25, 0.3) is 11.1 Å². The molecule has 0 spiro atoms. The van der Waals surface area contributed by atoms with E-state index in [9.17, 15) is 17.6 Å². The van der Waals surface area contributed by atoms with Gasteiger partial charge in [0.25, 0.3) is 0 Å². The van der Waals surface area contributed by atoms with E-state index in [0.717, 1.165) is 31.4 Å². The lowest BCUT2D eigenvalue weighted by molar-refractivity contribution is 0.163. The van der Waals surface area contributed by atoms with Crippen LogP contribution in [-0.2, 0) is 4.74 Å². The molecule has 2 aromatic rings. The summed E-state index contributed by atoms with van der Waals surface area (Å²) in [6.45, 7) is 3.82. The van der Waals surface area contributed by atoms with E-state index in [1.807, 2.05) is 6.08 Å². The summed E-state index contributed by atoms with van der Waals surface area (Å²) >= 11 is 0. The zero-order chi connectivity index (χ0) is 20.3. The number of aryl methyl sites for hydroxylation is 1. The van der Waals surface area contributed by atoms with Crippen LogP contribution in [-0.4, -0.2) is 6.61 Å². The molecule has 5 heteroatoms. The number of benzene rings is 2. The summed E-state index contributed by atoms with van der Waals surface area (Å²) < 4.78 is 63.1. The first-order valence-corrected chi connectivity index (χ1v) is 9.68. The van der Waals surface area contributed by atoms with Crippen molar-refractivity contribution in [1.29, 1.82) is 0 Å². The second kappa shape index (κ2) is 8.80. The summed E-state index contributed by atoms with van der Waals surface area (Å²) in [6, 6.07) is 5.36. The summed E-state index contributed by atoms with van der Waals surface area (Å²) in [6.07, 6.45) is 6.65. The van der Waals surface area contributed by atoms with Crippen LogP contribution in [0.4, 0.5) is 17.6 Å². The zero-order valence-corrected chi connectivity index (χ0v) is 16.1. The van der Waals surface area contributed by atoms with Crippen molar-refractivity contribution in [2.24, 2.45) is 0 Å². The monoisotopic (exact) mass is 392 g/mol. The zero-order valence-electron chi connectivity index (χ0n) is 16.1. The number of unbranched alkanes of at least 4 members (excludes halogenated alkanes) is 2. The molecule has 0 aliphatic carbocycles. The van der Waals surface area contributed by atoms with Gasteiger partial charge < -0.3 is 4.74 Å². The van der Waals surface area contributed by atoms with Crippen LogP contribution < -0.4 is 0 Å². The third-order valence-electron chi connectivity index (χ3n) is 5.24. The van der Waals surface area contributed by atoms with Gasteiger partial charge in [0.15, 0.2) is 23.3 Å². The van der Waals surface area contributed by atoms with E-state index in [4.69, 9.17) is 4.74 Å². The third kappa shape index (κ3) is 4.08. The molecule has 0 N–H and O–H groups in total. The molecule has 1 aliphatic rings. The second-order valence-electron chi connectivity index (χ2n) is 7.26. The molecule has 1 heterocycles. The summed E-state index contributed by atoms with van der Waals surface area (Å²) in [5.41, 5.74) is -0.271. The Labute approximate surface area is 163 Å². The summed E-state index contributed by atoms with van der Waals surface area (Å²) in [7, 11) is 0. The van der Waals surface area contributed by atoms with Crippen molar-refractivity contribution in [2.75, 3.05) is 6.61 Å². The van der Waals surface area contributed by atoms with E-state index in [1.165, 1.54) is 31.2 Å². The maximum Gasteiger partial charge on any atom is 0.167 e. The Morgan fingerprint density at radius 2 is 1.57 bits per heavy atom. The smallest absolute Gasteiger partial charge is 0.167 e. The average molecular weight is 392 g/mol. The number of hydrogen-bond donors (Lipinski definition) is 0. The largest absolute Gasteiger partial charge is 0.498 e. The van der Waals surface area contributed by atoms with E-state index in [0.29, 0.717) is 6.42 Å². The van der Waals surface area contributed by atoms with Crippen LogP contribution in [0.2, 0.25) is 0 Å². The second-order valence-corrected chi connectivity index (χ2v) is 7.26. The molecule has 150 valence electrons. The van der Waals surface area contributed by atoms with Crippen molar-refractivity contribution in [3.8, 4) is 11.1 Å². The topological polar surface area (TPSA) is 9.23 Å². The minimum atomic E-state index is -1.17. The Bertz CT molecular complexity index is 889. The highest BCUT2D eigenvalue weighted by Crippen LogP contribution is 2.35. The molecule has 1 atom stereocenters. The van der Waals surface area contributed by atoms with Crippen LogP contribution in [0, 0.1) is 30.2 Å². The first kappa shape index (κ1) is 20.4. The molecule has 0 saturated heterocycles. The number of rotatable bonds is 6. The summed E-state index contributed by atoms with van der Waals surface area (Å²) in [5.74, 6) is -3.83. The molecule has 28 heavy (non-hydrogen) atoms. The predicted molar refractivity (Wildman–Crippen MR) is 102 cm³/mol. The minimum absolute atomic E-state index is 0.111. The van der Waals surface area contributed by atoms with E-state index in [1.54, 1.807) is 0 Å². The van der Waals surface area contributed by atoms with Gasteiger partial charge in [-0.1, -0.05) is 44.0 Å². The lowest BCUT2D eigenvalue weighted by Crippen LogP contribution is -2.15. The maximum atomic E-state index is 14.7. The van der Waals surface area contributed by atoms with Crippen molar-refractivity contribution in [2.45, 2.75) is 51.9 Å². The fraction of sp³-hybridized carbons (Fsp3) is 0.391. The van der Waals surface area contributed by atoms with Gasteiger partial charge in [-0.25, -0.2) is 17.6 Å². The van der Waals surface area contributed by atoms with Crippen LogP contribution >= 0.6 is 0 Å². The first-order valence-electron chi connectivity index (χ1n) is 9.68.